The first-order valence-corrected chi connectivity index (χ1v) is 22.7. The number of imide groups is 1. The van der Waals surface area contributed by atoms with Crippen molar-refractivity contribution in [2.24, 2.45) is 16.6 Å². The molecule has 7 N–H and O–H groups in total. The fourth-order valence-electron chi connectivity index (χ4n) is 9.59. The number of nitrogens with zero attached hydrogens (tertiary/aromatic N) is 5. The largest absolute Gasteiger partial charge is 0.404 e. The number of allylic oxidation sites excluding steroid dienone is 1. The van der Waals surface area contributed by atoms with E-state index in [-0.39, 0.29) is 72.4 Å². The number of benzene rings is 2. The van der Waals surface area contributed by atoms with Crippen LogP contribution in [0, 0.1) is 11.3 Å². The minimum atomic E-state index is -2.78. The molecular weight excluding hydrogens is 837 g/mol. The van der Waals surface area contributed by atoms with Crippen LogP contribution in [0.1, 0.15) is 87.8 Å². The highest BCUT2D eigenvalue weighted by Gasteiger charge is 2.33. The van der Waals surface area contributed by atoms with E-state index in [0.717, 1.165) is 36.9 Å². The van der Waals surface area contributed by atoms with Crippen LogP contribution in [0.15, 0.2) is 58.9 Å². The molecule has 0 bridgehead atoms. The van der Waals surface area contributed by atoms with E-state index in [1.807, 2.05) is 4.90 Å². The number of alkyl halides is 2. The van der Waals surface area contributed by atoms with E-state index in [1.54, 1.807) is 47.2 Å². The zero-order valence-corrected chi connectivity index (χ0v) is 37.3. The Morgan fingerprint density at radius 1 is 0.938 bits per heavy atom. The summed E-state index contributed by atoms with van der Waals surface area (Å²) in [6, 6.07) is 9.89. The number of carbonyl (C=O) groups is 5. The monoisotopic (exact) mass is 897 g/mol. The first kappa shape index (κ1) is 46.8. The molecule has 3 fully saturated rings. The Morgan fingerprint density at radius 3 is 2.38 bits per heavy atom. The van der Waals surface area contributed by atoms with Gasteiger partial charge in [-0.05, 0) is 105 Å². The Balaban J connectivity index is 0.903. The number of amides is 5. The fraction of sp³-hybridized carbons (Fsp3) is 0.511. The van der Waals surface area contributed by atoms with Crippen molar-refractivity contribution >= 4 is 64.2 Å². The maximum absolute atomic E-state index is 14.6. The van der Waals surface area contributed by atoms with Crippen molar-refractivity contribution in [2.75, 3.05) is 74.9 Å². The van der Waals surface area contributed by atoms with Gasteiger partial charge in [0.25, 0.3) is 6.43 Å². The van der Waals surface area contributed by atoms with Crippen LogP contribution in [0.2, 0.25) is 0 Å². The zero-order valence-electron chi connectivity index (χ0n) is 37.3. The number of rotatable bonds is 13. The van der Waals surface area contributed by atoms with Gasteiger partial charge in [0, 0.05) is 117 Å². The summed E-state index contributed by atoms with van der Waals surface area (Å²) in [7, 11) is 1.56. The van der Waals surface area contributed by atoms with E-state index in [9.17, 15) is 38.2 Å². The number of halogens is 2. The Labute approximate surface area is 378 Å². The van der Waals surface area contributed by atoms with Gasteiger partial charge in [0.1, 0.15) is 11.9 Å². The van der Waals surface area contributed by atoms with Gasteiger partial charge in [0.2, 0.25) is 29.5 Å². The number of nitrogens with one attached hydrogen (secondary N) is 5. The van der Waals surface area contributed by atoms with Crippen molar-refractivity contribution in [3.8, 4) is 0 Å². The SMILES string of the molecule is CN=CC(=CN)c1cc2c(cc1C(F)F)N(C(=N)C1=C(NC3CCN(C(=O)CC4CCN(CC(=O)Nc5cccc(NC6CCC(=O)NC6=O)c5)CC4)CC3)CCN(C(C)=O)C1)CCC2. The number of amidine groups is 1. The topological polar surface area (TPSA) is 209 Å². The molecule has 5 amide bonds. The fourth-order valence-corrected chi connectivity index (χ4v) is 9.59. The number of hydrogen-bond donors (Lipinski definition) is 6. The minimum Gasteiger partial charge on any atom is -0.404 e. The number of piperidine rings is 3. The number of hydrogen-bond acceptors (Lipinski definition) is 11. The average Bonchev–Trinajstić information content (AvgIpc) is 3.29. The molecule has 2 aromatic rings. The second-order valence-corrected chi connectivity index (χ2v) is 17.6. The molecule has 0 saturated carbocycles. The molecular formula is C47H61F2N11O5. The molecule has 0 aromatic heterocycles. The highest BCUT2D eigenvalue weighted by Crippen LogP contribution is 2.38. The molecule has 0 spiro atoms. The van der Waals surface area contributed by atoms with Crippen molar-refractivity contribution in [3.05, 3.63) is 70.6 Å². The summed E-state index contributed by atoms with van der Waals surface area (Å²) >= 11 is 0. The average molecular weight is 898 g/mol. The Morgan fingerprint density at radius 2 is 1.69 bits per heavy atom. The van der Waals surface area contributed by atoms with Crippen molar-refractivity contribution in [1.29, 1.82) is 5.41 Å². The van der Waals surface area contributed by atoms with Gasteiger partial charge >= 0.3 is 0 Å². The summed E-state index contributed by atoms with van der Waals surface area (Å²) < 4.78 is 29.1. The molecule has 0 radical (unpaired) electrons. The van der Waals surface area contributed by atoms with E-state index >= 15 is 0 Å². The summed E-state index contributed by atoms with van der Waals surface area (Å²) in [5.74, 6) is -0.343. The standard InChI is InChI=1S/C47H61F2N11O5/c1-29(61)59-20-14-39(38(27-59)46(51)60-15-4-5-31-22-36(32(25-50)26-52-2)37(45(48)49)24-41(31)60)53-33-12-18-58(19-13-33)44(64)21-30-10-16-57(17-11-30)28-43(63)55-35-7-3-6-34(23-35)54-40-8-9-42(62)56-47(40)65/h3,6-7,22-26,30,33,40,45,51,53-54H,4-5,8-21,27-28,50H2,1-2H3,(H,55,63)(H,56,62,65). The molecule has 1 atom stereocenters. The van der Waals surface area contributed by atoms with Gasteiger partial charge in [-0.1, -0.05) is 6.07 Å². The normalized spacial score (nSPS) is 20.5. The van der Waals surface area contributed by atoms with Crippen molar-refractivity contribution in [2.45, 2.75) is 89.6 Å². The Hall–Kier alpha value is -6.17. The van der Waals surface area contributed by atoms with Crippen LogP contribution in [0.4, 0.5) is 25.8 Å². The Bertz CT molecular complexity index is 2250. The second-order valence-electron chi connectivity index (χ2n) is 17.6. The third-order valence-corrected chi connectivity index (χ3v) is 13.2. The first-order valence-electron chi connectivity index (χ1n) is 22.7. The molecule has 7 rings (SSSR count). The summed E-state index contributed by atoms with van der Waals surface area (Å²) in [4.78, 5) is 74.3. The van der Waals surface area contributed by atoms with Crippen molar-refractivity contribution in [3.63, 3.8) is 0 Å². The predicted octanol–water partition coefficient (Wildman–Crippen LogP) is 4.40. The molecule has 1 unspecified atom stereocenters. The quantitative estimate of drug-likeness (QED) is 0.0949. The molecule has 5 aliphatic heterocycles. The maximum atomic E-state index is 14.6. The van der Waals surface area contributed by atoms with Gasteiger partial charge < -0.3 is 36.4 Å². The van der Waals surface area contributed by atoms with Crippen molar-refractivity contribution in [1.82, 2.24) is 25.3 Å². The molecule has 18 heteroatoms. The molecule has 5 heterocycles. The highest BCUT2D eigenvalue weighted by atomic mass is 19.3. The minimum absolute atomic E-state index is 0.0579. The molecule has 3 saturated heterocycles. The summed E-state index contributed by atoms with van der Waals surface area (Å²) in [6.45, 7) is 5.55. The molecule has 65 heavy (non-hydrogen) atoms. The number of fused-ring (bicyclic) bond motifs is 1. The van der Waals surface area contributed by atoms with Gasteiger partial charge in [-0.2, -0.15) is 0 Å². The Kier molecular flexibility index (Phi) is 15.3. The van der Waals surface area contributed by atoms with E-state index in [4.69, 9.17) is 5.73 Å². The highest BCUT2D eigenvalue weighted by molar-refractivity contribution is 6.12. The van der Waals surface area contributed by atoms with Gasteiger partial charge in [-0.25, -0.2) is 8.78 Å². The van der Waals surface area contributed by atoms with E-state index in [0.29, 0.717) is 105 Å². The first-order chi connectivity index (χ1) is 31.3. The number of anilines is 3. The molecule has 16 nitrogen and oxygen atoms in total. The zero-order chi connectivity index (χ0) is 46.2. The lowest BCUT2D eigenvalue weighted by molar-refractivity contribution is -0.134. The number of carbonyl (C=O) groups excluding carboxylic acids is 5. The van der Waals surface area contributed by atoms with Crippen LogP contribution in [-0.4, -0.2) is 128 Å². The number of nitrogens with two attached hydrogens (primary N) is 1. The lowest BCUT2D eigenvalue weighted by Gasteiger charge is -2.39. The van der Waals surface area contributed by atoms with Gasteiger partial charge in [-0.15, -0.1) is 0 Å². The predicted molar refractivity (Wildman–Crippen MR) is 247 cm³/mol. The van der Waals surface area contributed by atoms with Crippen LogP contribution in [0.3, 0.4) is 0 Å². The second kappa shape index (κ2) is 21.2. The van der Waals surface area contributed by atoms with E-state index in [2.05, 4.69) is 31.2 Å². The van der Waals surface area contributed by atoms with Crippen molar-refractivity contribution < 1.29 is 32.8 Å². The summed E-state index contributed by atoms with van der Waals surface area (Å²) in [5, 5.41) is 21.6. The van der Waals surface area contributed by atoms with Gasteiger partial charge in [0.15, 0.2) is 0 Å². The lowest BCUT2D eigenvalue weighted by Crippen LogP contribution is -2.49. The maximum Gasteiger partial charge on any atom is 0.264 e. The van der Waals surface area contributed by atoms with Crippen LogP contribution in [0.5, 0.6) is 0 Å². The van der Waals surface area contributed by atoms with E-state index in [1.165, 1.54) is 25.4 Å². The van der Waals surface area contributed by atoms with Crippen LogP contribution in [-0.2, 0) is 30.4 Å². The van der Waals surface area contributed by atoms with Crippen LogP contribution < -0.4 is 31.9 Å². The molecule has 5 aliphatic rings. The number of likely N-dealkylation sites (tertiary alicyclic amines) is 2. The molecule has 2 aromatic carbocycles. The van der Waals surface area contributed by atoms with Gasteiger partial charge in [-0.3, -0.25) is 44.6 Å². The molecule has 348 valence electrons. The lowest BCUT2D eigenvalue weighted by atomic mass is 9.91. The number of aliphatic imine (C=N–C) groups is 1. The summed E-state index contributed by atoms with van der Waals surface area (Å²) in [5.41, 5.74) is 10.6. The van der Waals surface area contributed by atoms with Crippen LogP contribution in [0.25, 0.3) is 5.57 Å². The third kappa shape index (κ3) is 11.6. The smallest absolute Gasteiger partial charge is 0.264 e. The van der Waals surface area contributed by atoms with E-state index < -0.39 is 12.5 Å². The summed E-state index contributed by atoms with van der Waals surface area (Å²) in [6.07, 6.45) is 6.06. The van der Waals surface area contributed by atoms with Crippen LogP contribution >= 0.6 is 0 Å². The number of aryl methyl sites for hydroxylation is 1. The third-order valence-electron chi connectivity index (χ3n) is 13.2. The van der Waals surface area contributed by atoms with Gasteiger partial charge in [0.05, 0.1) is 13.1 Å². The molecule has 0 aliphatic carbocycles.